The van der Waals surface area contributed by atoms with Gasteiger partial charge < -0.3 is 5.32 Å². The molecule has 1 aromatic heterocycles. The van der Waals surface area contributed by atoms with Gasteiger partial charge in [0, 0.05) is 24.5 Å². The van der Waals surface area contributed by atoms with Crippen LogP contribution in [0.1, 0.15) is 47.6 Å². The molecule has 2 aliphatic heterocycles. The van der Waals surface area contributed by atoms with Crippen LogP contribution in [-0.2, 0) is 0 Å². The van der Waals surface area contributed by atoms with Crippen LogP contribution in [0.4, 0.5) is 0 Å². The second-order valence-electron chi connectivity index (χ2n) is 7.60. The Morgan fingerprint density at radius 2 is 2.00 bits per heavy atom. The predicted molar refractivity (Wildman–Crippen MR) is 103 cm³/mol. The van der Waals surface area contributed by atoms with Gasteiger partial charge in [-0.25, -0.2) is 0 Å². The number of hydrogen-bond donors (Lipinski definition) is 1. The predicted octanol–water partition coefficient (Wildman–Crippen LogP) is 4.08. The lowest BCUT2D eigenvalue weighted by molar-refractivity contribution is -0.0404. The Morgan fingerprint density at radius 3 is 2.65 bits per heavy atom. The first-order chi connectivity index (χ1) is 12.6. The molecule has 1 saturated carbocycles. The maximum absolute atomic E-state index is 13.0. The zero-order valence-corrected chi connectivity index (χ0v) is 15.7. The van der Waals surface area contributed by atoms with Gasteiger partial charge in [0.05, 0.1) is 16.6 Å². The first kappa shape index (κ1) is 17.5. The largest absolute Gasteiger partial charge is 0.343 e. The summed E-state index contributed by atoms with van der Waals surface area (Å²) in [6, 6.07) is 11.9. The summed E-state index contributed by atoms with van der Waals surface area (Å²) >= 11 is 6.23. The average Bonchev–Trinajstić information content (AvgIpc) is 2.68. The Labute approximate surface area is 159 Å². The van der Waals surface area contributed by atoms with E-state index in [0.717, 1.165) is 30.9 Å². The van der Waals surface area contributed by atoms with Crippen molar-refractivity contribution < 1.29 is 4.79 Å². The highest BCUT2D eigenvalue weighted by atomic mass is 35.5. The topological polar surface area (TPSA) is 45.2 Å². The lowest BCUT2D eigenvalue weighted by Crippen LogP contribution is -2.62. The summed E-state index contributed by atoms with van der Waals surface area (Å²) in [6.07, 6.45) is 7.82. The molecule has 2 aromatic rings. The van der Waals surface area contributed by atoms with Crippen LogP contribution < -0.4 is 5.32 Å². The van der Waals surface area contributed by atoms with Gasteiger partial charge in [-0.3, -0.25) is 14.7 Å². The number of halogens is 1. The van der Waals surface area contributed by atoms with Gasteiger partial charge in [0.1, 0.15) is 0 Å². The van der Waals surface area contributed by atoms with E-state index in [0.29, 0.717) is 10.6 Å². The normalized spacial score (nSPS) is 26.5. The average molecular weight is 370 g/mol. The quantitative estimate of drug-likeness (QED) is 0.883. The van der Waals surface area contributed by atoms with Crippen LogP contribution in [0.2, 0.25) is 5.02 Å². The fourth-order valence-corrected chi connectivity index (χ4v) is 4.94. The minimum atomic E-state index is -0.160. The van der Waals surface area contributed by atoms with E-state index in [2.05, 4.69) is 34.4 Å². The Balaban J connectivity index is 1.70. The van der Waals surface area contributed by atoms with Gasteiger partial charge >= 0.3 is 0 Å². The molecule has 26 heavy (non-hydrogen) atoms. The number of aromatic nitrogens is 1. The molecule has 3 aliphatic rings. The third-order valence-corrected chi connectivity index (χ3v) is 6.55. The van der Waals surface area contributed by atoms with Gasteiger partial charge in [-0.2, -0.15) is 0 Å². The molecule has 1 aliphatic carbocycles. The monoisotopic (exact) mass is 369 g/mol. The van der Waals surface area contributed by atoms with Crippen LogP contribution >= 0.6 is 11.6 Å². The number of nitrogens with zero attached hydrogens (tertiary/aromatic N) is 2. The van der Waals surface area contributed by atoms with Crippen LogP contribution in [0.3, 0.4) is 0 Å². The molecule has 1 unspecified atom stereocenters. The molecule has 136 valence electrons. The Hall–Kier alpha value is -1.91. The molecule has 2 bridgehead atoms. The van der Waals surface area contributed by atoms with Gasteiger partial charge in [-0.05, 0) is 50.3 Å². The highest BCUT2D eigenvalue weighted by molar-refractivity contribution is 6.33. The van der Waals surface area contributed by atoms with Crippen molar-refractivity contribution in [1.29, 1.82) is 0 Å². The lowest BCUT2D eigenvalue weighted by Gasteiger charge is -2.57. The van der Waals surface area contributed by atoms with Crippen molar-refractivity contribution in [1.82, 2.24) is 15.2 Å². The number of nitrogens with one attached hydrogen (secondary N) is 1. The molecule has 3 heterocycles. The van der Waals surface area contributed by atoms with Crippen molar-refractivity contribution in [2.75, 3.05) is 13.6 Å². The molecule has 5 heteroatoms. The minimum absolute atomic E-state index is 0.0412. The third-order valence-electron chi connectivity index (χ3n) is 6.22. The van der Waals surface area contributed by atoms with E-state index in [9.17, 15) is 4.79 Å². The van der Waals surface area contributed by atoms with Gasteiger partial charge in [-0.15, -0.1) is 0 Å². The van der Waals surface area contributed by atoms with E-state index in [1.807, 2.05) is 18.2 Å². The van der Waals surface area contributed by atoms with Gasteiger partial charge in [0.25, 0.3) is 5.91 Å². The second-order valence-corrected chi connectivity index (χ2v) is 8.01. The number of fused-ring (bicyclic) bond motifs is 3. The summed E-state index contributed by atoms with van der Waals surface area (Å²) in [7, 11) is 2.20. The number of pyridine rings is 1. The van der Waals surface area contributed by atoms with Crippen LogP contribution in [-0.4, -0.2) is 34.9 Å². The van der Waals surface area contributed by atoms with E-state index < -0.39 is 0 Å². The number of benzene rings is 1. The first-order valence-corrected chi connectivity index (χ1v) is 9.64. The maximum atomic E-state index is 13.0. The SMILES string of the molecule is CN1CC2CCC1(C(NC(=O)c1cnccc1Cl)c1ccccc1)CC2. The molecule has 3 fully saturated rings. The highest BCUT2D eigenvalue weighted by Crippen LogP contribution is 2.49. The lowest BCUT2D eigenvalue weighted by atomic mass is 9.66. The smallest absolute Gasteiger partial charge is 0.254 e. The number of rotatable bonds is 4. The molecule has 4 nitrogen and oxygen atoms in total. The van der Waals surface area contributed by atoms with E-state index >= 15 is 0 Å². The van der Waals surface area contributed by atoms with E-state index in [1.54, 1.807) is 18.5 Å². The van der Waals surface area contributed by atoms with Crippen molar-refractivity contribution in [2.45, 2.75) is 37.3 Å². The van der Waals surface area contributed by atoms with Crippen molar-refractivity contribution in [2.24, 2.45) is 5.92 Å². The molecule has 0 radical (unpaired) electrons. The Bertz CT molecular complexity index is 787. The summed E-state index contributed by atoms with van der Waals surface area (Å²) in [6.45, 7) is 1.10. The number of carbonyl (C=O) groups excluding carboxylic acids is 1. The minimum Gasteiger partial charge on any atom is -0.343 e. The number of carbonyl (C=O) groups is 1. The summed E-state index contributed by atoms with van der Waals surface area (Å²) in [4.78, 5) is 19.5. The summed E-state index contributed by atoms with van der Waals surface area (Å²) in [5.41, 5.74) is 1.53. The molecular weight excluding hydrogens is 346 g/mol. The van der Waals surface area contributed by atoms with E-state index in [1.165, 1.54) is 12.8 Å². The molecule has 2 saturated heterocycles. The van der Waals surface area contributed by atoms with Gasteiger partial charge in [-0.1, -0.05) is 41.9 Å². The molecule has 1 N–H and O–H groups in total. The molecule has 5 rings (SSSR count). The fraction of sp³-hybridized carbons (Fsp3) is 0.429. The summed E-state index contributed by atoms with van der Waals surface area (Å²) < 4.78 is 0. The van der Waals surface area contributed by atoms with Crippen LogP contribution in [0, 0.1) is 5.92 Å². The Morgan fingerprint density at radius 1 is 1.27 bits per heavy atom. The maximum Gasteiger partial charge on any atom is 0.254 e. The highest BCUT2D eigenvalue weighted by Gasteiger charge is 2.50. The summed E-state index contributed by atoms with van der Waals surface area (Å²) in [5, 5.41) is 3.73. The summed E-state index contributed by atoms with van der Waals surface area (Å²) in [5.74, 6) is 0.634. The number of hydrogen-bond acceptors (Lipinski definition) is 3. The molecule has 0 spiro atoms. The van der Waals surface area contributed by atoms with Crippen molar-refractivity contribution in [3.8, 4) is 0 Å². The van der Waals surface area contributed by atoms with Crippen molar-refractivity contribution >= 4 is 17.5 Å². The van der Waals surface area contributed by atoms with E-state index in [-0.39, 0.29) is 17.5 Å². The zero-order valence-electron chi connectivity index (χ0n) is 15.0. The first-order valence-electron chi connectivity index (χ1n) is 9.27. The molecular formula is C21H24ClN3O. The van der Waals surface area contributed by atoms with Gasteiger partial charge in [0.2, 0.25) is 0 Å². The molecule has 1 atom stereocenters. The van der Waals surface area contributed by atoms with Crippen LogP contribution in [0.25, 0.3) is 0 Å². The number of likely N-dealkylation sites (N-methyl/N-ethyl adjacent to an activating group) is 1. The van der Waals surface area contributed by atoms with Crippen molar-refractivity contribution in [3.05, 3.63) is 64.9 Å². The number of amides is 1. The zero-order chi connectivity index (χ0) is 18.1. The molecule has 1 amide bonds. The van der Waals surface area contributed by atoms with Gasteiger partial charge in [0.15, 0.2) is 0 Å². The standard InChI is InChI=1S/C21H24ClN3O/c1-25-14-15-7-10-21(25,11-8-15)19(16-5-3-2-4-6-16)24-20(26)17-13-23-12-9-18(17)22/h2-6,9,12-13,15,19H,7-8,10-11,14H2,1H3,(H,24,26). The van der Waals surface area contributed by atoms with E-state index in [4.69, 9.17) is 11.6 Å². The fourth-order valence-electron chi connectivity index (χ4n) is 4.75. The van der Waals surface area contributed by atoms with Crippen LogP contribution in [0.5, 0.6) is 0 Å². The van der Waals surface area contributed by atoms with Crippen molar-refractivity contribution in [3.63, 3.8) is 0 Å². The van der Waals surface area contributed by atoms with Crippen LogP contribution in [0.15, 0.2) is 48.8 Å². The Kier molecular flexibility index (Phi) is 4.72. The second kappa shape index (κ2) is 7.01. The number of piperidine rings is 2. The molecule has 1 aromatic carbocycles. The third kappa shape index (κ3) is 3.01.